The number of carbonyl (C=O) groups excluding carboxylic acids is 1. The Balaban J connectivity index is 1.63. The first kappa shape index (κ1) is 14.9. The van der Waals surface area contributed by atoms with Crippen LogP contribution in [0.2, 0.25) is 0 Å². The van der Waals surface area contributed by atoms with E-state index in [-0.39, 0.29) is 6.09 Å². The second kappa shape index (κ2) is 6.27. The van der Waals surface area contributed by atoms with Crippen LogP contribution in [0.5, 0.6) is 0 Å². The van der Waals surface area contributed by atoms with Crippen LogP contribution in [-0.2, 0) is 17.8 Å². The van der Waals surface area contributed by atoms with Gasteiger partial charge in [-0.15, -0.1) is 0 Å². The van der Waals surface area contributed by atoms with Gasteiger partial charge in [-0.3, -0.25) is 4.90 Å². The number of nitrogens with one attached hydrogen (secondary N) is 1. The average Bonchev–Trinajstić information content (AvgIpc) is 2.75. The third-order valence-electron chi connectivity index (χ3n) is 3.23. The summed E-state index contributed by atoms with van der Waals surface area (Å²) in [5.74, 6) is 0. The van der Waals surface area contributed by atoms with Gasteiger partial charge in [-0.2, -0.15) is 0 Å². The molecular weight excluding hydrogens is 252 g/mol. The Bertz CT molecular complexity index is 441. The Morgan fingerprint density at radius 2 is 1.85 bits per heavy atom. The molecule has 2 rings (SSSR count). The lowest BCUT2D eigenvalue weighted by molar-refractivity contribution is 0.0525. The summed E-state index contributed by atoms with van der Waals surface area (Å²) in [4.78, 5) is 13.9. The fourth-order valence-corrected chi connectivity index (χ4v) is 2.37. The zero-order valence-corrected chi connectivity index (χ0v) is 12.6. The Kier molecular flexibility index (Phi) is 4.65. The van der Waals surface area contributed by atoms with Crippen molar-refractivity contribution in [3.63, 3.8) is 0 Å². The Hall–Kier alpha value is -1.55. The van der Waals surface area contributed by atoms with Gasteiger partial charge in [0.05, 0.1) is 0 Å². The van der Waals surface area contributed by atoms with E-state index in [1.165, 1.54) is 11.1 Å². The number of hydrogen-bond donors (Lipinski definition) is 1. The lowest BCUT2D eigenvalue weighted by Crippen LogP contribution is -2.34. The van der Waals surface area contributed by atoms with Gasteiger partial charge in [-0.1, -0.05) is 24.3 Å². The van der Waals surface area contributed by atoms with Crippen molar-refractivity contribution in [3.05, 3.63) is 35.4 Å². The topological polar surface area (TPSA) is 41.6 Å². The van der Waals surface area contributed by atoms with Gasteiger partial charge in [0.1, 0.15) is 5.60 Å². The second-order valence-corrected chi connectivity index (χ2v) is 6.26. The number of carbonyl (C=O) groups is 1. The molecule has 1 aromatic rings. The Labute approximate surface area is 121 Å². The van der Waals surface area contributed by atoms with Crippen molar-refractivity contribution in [1.29, 1.82) is 0 Å². The summed E-state index contributed by atoms with van der Waals surface area (Å²) in [7, 11) is 0. The van der Waals surface area contributed by atoms with E-state index < -0.39 is 5.60 Å². The molecule has 0 radical (unpaired) electrons. The molecule has 4 nitrogen and oxygen atoms in total. The van der Waals surface area contributed by atoms with Crippen LogP contribution < -0.4 is 5.32 Å². The van der Waals surface area contributed by atoms with Crippen LogP contribution >= 0.6 is 0 Å². The number of nitrogens with zero attached hydrogens (tertiary/aromatic N) is 1. The summed E-state index contributed by atoms with van der Waals surface area (Å²) >= 11 is 0. The van der Waals surface area contributed by atoms with Gasteiger partial charge in [0, 0.05) is 26.2 Å². The minimum Gasteiger partial charge on any atom is -0.444 e. The SMILES string of the molecule is CC(C)(C)OC(=O)NCCCN1Cc2ccccc2C1. The maximum absolute atomic E-state index is 11.5. The van der Waals surface area contributed by atoms with Crippen LogP contribution in [-0.4, -0.2) is 29.7 Å². The molecule has 110 valence electrons. The summed E-state index contributed by atoms with van der Waals surface area (Å²) in [5, 5.41) is 2.80. The molecule has 0 aromatic heterocycles. The summed E-state index contributed by atoms with van der Waals surface area (Å²) < 4.78 is 5.20. The summed E-state index contributed by atoms with van der Waals surface area (Å²) in [5.41, 5.74) is 2.42. The molecule has 1 amide bonds. The van der Waals surface area contributed by atoms with Crippen molar-refractivity contribution in [1.82, 2.24) is 10.2 Å². The van der Waals surface area contributed by atoms with Crippen molar-refractivity contribution in [2.75, 3.05) is 13.1 Å². The maximum Gasteiger partial charge on any atom is 0.407 e. The number of rotatable bonds is 4. The first-order chi connectivity index (χ1) is 9.44. The van der Waals surface area contributed by atoms with Gasteiger partial charge in [-0.25, -0.2) is 4.79 Å². The van der Waals surface area contributed by atoms with Crippen molar-refractivity contribution in [2.45, 2.75) is 45.9 Å². The standard InChI is InChI=1S/C16H24N2O2/c1-16(2,3)20-15(19)17-9-6-10-18-11-13-7-4-5-8-14(13)12-18/h4-5,7-8H,6,9-12H2,1-3H3,(H,17,19). The van der Waals surface area contributed by atoms with E-state index in [2.05, 4.69) is 34.5 Å². The van der Waals surface area contributed by atoms with Gasteiger partial charge in [0.2, 0.25) is 0 Å². The fourth-order valence-electron chi connectivity index (χ4n) is 2.37. The van der Waals surface area contributed by atoms with Gasteiger partial charge in [0.25, 0.3) is 0 Å². The molecule has 1 aliphatic heterocycles. The van der Waals surface area contributed by atoms with E-state index >= 15 is 0 Å². The van der Waals surface area contributed by atoms with E-state index in [0.717, 1.165) is 26.1 Å². The molecule has 0 unspecified atom stereocenters. The minimum absolute atomic E-state index is 0.331. The van der Waals surface area contributed by atoms with E-state index in [1.807, 2.05) is 20.8 Å². The molecule has 0 bridgehead atoms. The van der Waals surface area contributed by atoms with E-state index in [4.69, 9.17) is 4.74 Å². The first-order valence-electron chi connectivity index (χ1n) is 7.20. The molecule has 0 saturated heterocycles. The zero-order chi connectivity index (χ0) is 14.6. The molecule has 0 spiro atoms. The predicted molar refractivity (Wildman–Crippen MR) is 79.4 cm³/mol. The monoisotopic (exact) mass is 276 g/mol. The van der Waals surface area contributed by atoms with Crippen LogP contribution in [0.15, 0.2) is 24.3 Å². The molecule has 0 saturated carbocycles. The van der Waals surface area contributed by atoms with Crippen LogP contribution in [0.3, 0.4) is 0 Å². The number of ether oxygens (including phenoxy) is 1. The molecule has 1 aliphatic rings. The highest BCUT2D eigenvalue weighted by Gasteiger charge is 2.18. The number of fused-ring (bicyclic) bond motifs is 1. The van der Waals surface area contributed by atoms with Crippen LogP contribution in [0.4, 0.5) is 4.79 Å². The van der Waals surface area contributed by atoms with Gasteiger partial charge in [-0.05, 0) is 38.3 Å². The number of amides is 1. The predicted octanol–water partition coefficient (Wildman–Crippen LogP) is 2.92. The van der Waals surface area contributed by atoms with Crippen LogP contribution in [0, 0.1) is 0 Å². The third-order valence-corrected chi connectivity index (χ3v) is 3.23. The van der Waals surface area contributed by atoms with E-state index in [0.29, 0.717) is 6.54 Å². The largest absolute Gasteiger partial charge is 0.444 e. The van der Waals surface area contributed by atoms with Crippen molar-refractivity contribution < 1.29 is 9.53 Å². The highest BCUT2D eigenvalue weighted by Crippen LogP contribution is 2.21. The molecule has 4 heteroatoms. The number of alkyl carbamates (subject to hydrolysis) is 1. The lowest BCUT2D eigenvalue weighted by atomic mass is 10.1. The number of benzene rings is 1. The van der Waals surface area contributed by atoms with Crippen molar-refractivity contribution in [3.8, 4) is 0 Å². The normalized spacial score (nSPS) is 14.9. The summed E-state index contributed by atoms with van der Waals surface area (Å²) in [6.07, 6.45) is 0.606. The first-order valence-corrected chi connectivity index (χ1v) is 7.20. The minimum atomic E-state index is -0.430. The van der Waals surface area contributed by atoms with Crippen LogP contribution in [0.25, 0.3) is 0 Å². The molecule has 1 heterocycles. The average molecular weight is 276 g/mol. The second-order valence-electron chi connectivity index (χ2n) is 6.26. The highest BCUT2D eigenvalue weighted by molar-refractivity contribution is 5.67. The quantitative estimate of drug-likeness (QED) is 0.860. The molecule has 20 heavy (non-hydrogen) atoms. The van der Waals surface area contributed by atoms with Gasteiger partial charge < -0.3 is 10.1 Å². The Morgan fingerprint density at radius 3 is 2.40 bits per heavy atom. The van der Waals surface area contributed by atoms with E-state index in [1.54, 1.807) is 0 Å². The lowest BCUT2D eigenvalue weighted by Gasteiger charge is -2.20. The fraction of sp³-hybridized carbons (Fsp3) is 0.562. The van der Waals surface area contributed by atoms with Crippen LogP contribution in [0.1, 0.15) is 38.3 Å². The molecule has 0 aliphatic carbocycles. The highest BCUT2D eigenvalue weighted by atomic mass is 16.6. The molecule has 1 N–H and O–H groups in total. The number of hydrogen-bond acceptors (Lipinski definition) is 3. The van der Waals surface area contributed by atoms with Crippen molar-refractivity contribution in [2.24, 2.45) is 0 Å². The smallest absolute Gasteiger partial charge is 0.407 e. The Morgan fingerprint density at radius 1 is 1.25 bits per heavy atom. The van der Waals surface area contributed by atoms with Crippen molar-refractivity contribution >= 4 is 6.09 Å². The maximum atomic E-state index is 11.5. The van der Waals surface area contributed by atoms with Gasteiger partial charge in [0.15, 0.2) is 0 Å². The third kappa shape index (κ3) is 4.53. The van der Waals surface area contributed by atoms with Gasteiger partial charge >= 0.3 is 6.09 Å². The molecule has 0 atom stereocenters. The molecule has 1 aromatic carbocycles. The summed E-state index contributed by atoms with van der Waals surface area (Å²) in [6, 6.07) is 8.56. The van der Waals surface area contributed by atoms with E-state index in [9.17, 15) is 4.79 Å². The molecule has 0 fully saturated rings. The summed E-state index contributed by atoms with van der Waals surface area (Å²) in [6.45, 7) is 9.29. The molecular formula is C16H24N2O2. The zero-order valence-electron chi connectivity index (χ0n) is 12.6.